The predicted octanol–water partition coefficient (Wildman–Crippen LogP) is 1.68. The Hall–Kier alpha value is -1.22. The Morgan fingerprint density at radius 2 is 1.95 bits per heavy atom. The van der Waals surface area contributed by atoms with E-state index >= 15 is 0 Å². The number of benzene rings is 1. The number of sulfonamides is 1. The van der Waals surface area contributed by atoms with Gasteiger partial charge in [0.1, 0.15) is 0 Å². The molecule has 124 valence electrons. The van der Waals surface area contributed by atoms with E-state index < -0.39 is 14.9 Å². The van der Waals surface area contributed by atoms with Gasteiger partial charge in [0, 0.05) is 19.2 Å². The van der Waals surface area contributed by atoms with Crippen LogP contribution < -0.4 is 5.73 Å². The summed E-state index contributed by atoms with van der Waals surface area (Å²) in [6.07, 6.45) is 1.38. The number of hydrogen-bond acceptors (Lipinski definition) is 5. The summed E-state index contributed by atoms with van der Waals surface area (Å²) in [6, 6.07) is 4.30. The molecule has 1 aliphatic rings. The average molecular weight is 350 g/mol. The Labute approximate surface area is 136 Å². The molecule has 0 saturated carbocycles. The lowest BCUT2D eigenvalue weighted by Gasteiger charge is -2.30. The zero-order valence-corrected chi connectivity index (χ0v) is 13.9. The monoisotopic (exact) mass is 349 g/mol. The molecule has 1 aromatic carbocycles. The second-order valence-electron chi connectivity index (χ2n) is 5.26. The summed E-state index contributed by atoms with van der Waals surface area (Å²) in [5, 5.41) is 11.1. The molecule has 2 N–H and O–H groups in total. The lowest BCUT2D eigenvalue weighted by atomic mass is 9.99. The molecule has 1 aromatic rings. The molecule has 1 heterocycles. The second kappa shape index (κ2) is 7.36. The quantitative estimate of drug-likeness (QED) is 0.657. The molecule has 0 radical (unpaired) electrons. The fourth-order valence-corrected chi connectivity index (χ4v) is 4.46. The van der Waals surface area contributed by atoms with Crippen LogP contribution in [0.2, 0.25) is 0 Å². The molecular weight excluding hydrogens is 330 g/mol. The Morgan fingerprint density at radius 1 is 1.36 bits per heavy atom. The number of hydrogen-bond donors (Lipinski definition) is 1. The van der Waals surface area contributed by atoms with Crippen LogP contribution in [0.25, 0.3) is 0 Å². The molecule has 0 bridgehead atoms. The molecule has 7 nitrogen and oxygen atoms in total. The van der Waals surface area contributed by atoms with Gasteiger partial charge < -0.3 is 5.73 Å². The molecule has 22 heavy (non-hydrogen) atoms. The van der Waals surface area contributed by atoms with Gasteiger partial charge in [-0.3, -0.25) is 10.1 Å². The summed E-state index contributed by atoms with van der Waals surface area (Å²) >= 11 is 0. The molecule has 1 fully saturated rings. The third kappa shape index (κ3) is 3.57. The smallest absolute Gasteiger partial charge is 0.289 e. The maximum atomic E-state index is 12.7. The summed E-state index contributed by atoms with van der Waals surface area (Å²) in [5.41, 5.74) is 5.63. The fourth-order valence-electron chi connectivity index (χ4n) is 2.63. The van der Waals surface area contributed by atoms with E-state index in [-0.39, 0.29) is 23.0 Å². The molecule has 1 aliphatic heterocycles. The van der Waals surface area contributed by atoms with Crippen LogP contribution in [0.15, 0.2) is 23.1 Å². The maximum absolute atomic E-state index is 12.7. The van der Waals surface area contributed by atoms with E-state index in [9.17, 15) is 18.5 Å². The van der Waals surface area contributed by atoms with Crippen LogP contribution in [-0.2, 0) is 10.0 Å². The SMILES string of the molecule is Cc1cccc([N+](=O)[O-])c1S(=O)(=O)N1CCC(CN)CC1.Cl. The highest BCUT2D eigenvalue weighted by molar-refractivity contribution is 7.89. The minimum atomic E-state index is -3.85. The minimum Gasteiger partial charge on any atom is -0.330 e. The van der Waals surface area contributed by atoms with Crippen molar-refractivity contribution in [3.63, 3.8) is 0 Å². The van der Waals surface area contributed by atoms with Crippen molar-refractivity contribution in [2.75, 3.05) is 19.6 Å². The van der Waals surface area contributed by atoms with Crippen molar-refractivity contribution in [1.29, 1.82) is 0 Å². The van der Waals surface area contributed by atoms with E-state index in [0.29, 0.717) is 44.0 Å². The van der Waals surface area contributed by atoms with Crippen LogP contribution in [0.4, 0.5) is 5.69 Å². The number of piperidine rings is 1. The van der Waals surface area contributed by atoms with Gasteiger partial charge in [-0.25, -0.2) is 8.42 Å². The Balaban J connectivity index is 0.00000242. The molecule has 9 heteroatoms. The van der Waals surface area contributed by atoms with E-state index in [1.807, 2.05) is 0 Å². The Kier molecular flexibility index (Phi) is 6.30. The van der Waals surface area contributed by atoms with Gasteiger partial charge in [-0.05, 0) is 37.8 Å². The molecule has 0 atom stereocenters. The van der Waals surface area contributed by atoms with Crippen molar-refractivity contribution in [2.45, 2.75) is 24.7 Å². The van der Waals surface area contributed by atoms with Gasteiger partial charge in [0.15, 0.2) is 4.90 Å². The van der Waals surface area contributed by atoms with E-state index in [1.165, 1.54) is 16.4 Å². The second-order valence-corrected chi connectivity index (χ2v) is 7.14. The summed E-state index contributed by atoms with van der Waals surface area (Å²) in [5.74, 6) is 0.323. The van der Waals surface area contributed by atoms with E-state index in [2.05, 4.69) is 0 Å². The van der Waals surface area contributed by atoms with Gasteiger partial charge in [0.25, 0.3) is 5.69 Å². The molecule has 1 saturated heterocycles. The lowest BCUT2D eigenvalue weighted by molar-refractivity contribution is -0.387. The first-order valence-corrected chi connectivity index (χ1v) is 8.26. The fraction of sp³-hybridized carbons (Fsp3) is 0.538. The highest BCUT2D eigenvalue weighted by Gasteiger charge is 2.35. The molecule has 0 amide bonds. The van der Waals surface area contributed by atoms with E-state index in [0.717, 1.165) is 0 Å². The van der Waals surface area contributed by atoms with Crippen molar-refractivity contribution < 1.29 is 13.3 Å². The number of rotatable bonds is 4. The van der Waals surface area contributed by atoms with Crippen LogP contribution >= 0.6 is 12.4 Å². The summed E-state index contributed by atoms with van der Waals surface area (Å²) < 4.78 is 26.8. The van der Waals surface area contributed by atoms with Crippen molar-refractivity contribution in [3.05, 3.63) is 33.9 Å². The minimum absolute atomic E-state index is 0. The van der Waals surface area contributed by atoms with Crippen molar-refractivity contribution in [1.82, 2.24) is 4.31 Å². The average Bonchev–Trinajstić information content (AvgIpc) is 2.46. The van der Waals surface area contributed by atoms with Crippen LogP contribution in [0.5, 0.6) is 0 Å². The third-order valence-electron chi connectivity index (χ3n) is 3.89. The van der Waals surface area contributed by atoms with Gasteiger partial charge in [-0.1, -0.05) is 12.1 Å². The Morgan fingerprint density at radius 3 is 2.45 bits per heavy atom. The van der Waals surface area contributed by atoms with Crippen LogP contribution in [-0.4, -0.2) is 37.3 Å². The van der Waals surface area contributed by atoms with Crippen molar-refractivity contribution in [3.8, 4) is 0 Å². The largest absolute Gasteiger partial charge is 0.330 e. The Bertz CT molecular complexity index is 643. The van der Waals surface area contributed by atoms with Crippen LogP contribution in [0.3, 0.4) is 0 Å². The molecule has 0 spiro atoms. The number of nitrogens with two attached hydrogens (primary N) is 1. The topological polar surface area (TPSA) is 107 Å². The first-order valence-electron chi connectivity index (χ1n) is 6.82. The first kappa shape index (κ1) is 18.8. The van der Waals surface area contributed by atoms with Crippen LogP contribution in [0, 0.1) is 23.0 Å². The number of nitro benzene ring substituents is 1. The third-order valence-corrected chi connectivity index (χ3v) is 5.98. The summed E-state index contributed by atoms with van der Waals surface area (Å²) in [7, 11) is -3.85. The first-order chi connectivity index (χ1) is 9.87. The van der Waals surface area contributed by atoms with Crippen molar-refractivity contribution in [2.24, 2.45) is 11.7 Å². The summed E-state index contributed by atoms with van der Waals surface area (Å²) in [6.45, 7) is 2.83. The molecule has 0 unspecified atom stereocenters. The van der Waals surface area contributed by atoms with Gasteiger partial charge in [-0.2, -0.15) is 4.31 Å². The molecule has 0 aliphatic carbocycles. The van der Waals surface area contributed by atoms with Gasteiger partial charge in [0.05, 0.1) is 4.92 Å². The normalized spacial score (nSPS) is 17.0. The van der Waals surface area contributed by atoms with Gasteiger partial charge in [0.2, 0.25) is 10.0 Å². The molecule has 0 aromatic heterocycles. The van der Waals surface area contributed by atoms with E-state index in [4.69, 9.17) is 5.73 Å². The van der Waals surface area contributed by atoms with Gasteiger partial charge >= 0.3 is 0 Å². The highest BCUT2D eigenvalue weighted by Crippen LogP contribution is 2.31. The van der Waals surface area contributed by atoms with Crippen molar-refractivity contribution >= 4 is 28.1 Å². The molecular formula is C13H20ClN3O4S. The van der Waals surface area contributed by atoms with Gasteiger partial charge in [-0.15, -0.1) is 12.4 Å². The number of aryl methyl sites for hydroxylation is 1. The van der Waals surface area contributed by atoms with Crippen LogP contribution in [0.1, 0.15) is 18.4 Å². The maximum Gasteiger partial charge on any atom is 0.289 e. The number of nitrogens with zero attached hydrogens (tertiary/aromatic N) is 2. The lowest BCUT2D eigenvalue weighted by Crippen LogP contribution is -2.40. The number of nitro groups is 1. The highest BCUT2D eigenvalue weighted by atomic mass is 35.5. The zero-order valence-electron chi connectivity index (χ0n) is 12.3. The summed E-state index contributed by atoms with van der Waals surface area (Å²) in [4.78, 5) is 10.3. The molecule has 2 rings (SSSR count). The number of halogens is 1. The standard InChI is InChI=1S/C13H19N3O4S.ClH/c1-10-3-2-4-12(16(17)18)13(10)21(19,20)15-7-5-11(9-14)6-8-15;/h2-4,11H,5-9,14H2,1H3;1H. The van der Waals surface area contributed by atoms with E-state index in [1.54, 1.807) is 13.0 Å². The predicted molar refractivity (Wildman–Crippen MR) is 85.6 cm³/mol. The zero-order chi connectivity index (χ0) is 15.6.